The molecule has 12 nitrogen and oxygen atoms in total. The number of anilines is 3. The Morgan fingerprint density at radius 1 is 1.08 bits per heavy atom. The van der Waals surface area contributed by atoms with E-state index in [0.717, 1.165) is 5.56 Å². The van der Waals surface area contributed by atoms with Crippen LogP contribution in [-0.4, -0.2) is 65.1 Å². The van der Waals surface area contributed by atoms with Crippen molar-refractivity contribution >= 4 is 62.6 Å². The highest BCUT2D eigenvalue weighted by molar-refractivity contribution is 7.21. The summed E-state index contributed by atoms with van der Waals surface area (Å²) in [5.41, 5.74) is 1.94. The number of para-hydroxylation sites is 1. The summed E-state index contributed by atoms with van der Waals surface area (Å²) in [5, 5.41) is 9.30. The van der Waals surface area contributed by atoms with E-state index >= 15 is 0 Å². The number of pyridine rings is 1. The smallest absolute Gasteiger partial charge is 0.407 e. The van der Waals surface area contributed by atoms with E-state index in [-0.39, 0.29) is 24.4 Å². The summed E-state index contributed by atoms with van der Waals surface area (Å²) in [6.45, 7) is 8.28. The lowest BCUT2D eigenvalue weighted by atomic mass is 10.0. The minimum absolute atomic E-state index is 0.149. The Hall–Kier alpha value is -5.43. The van der Waals surface area contributed by atoms with E-state index in [1.807, 2.05) is 55.5 Å². The van der Waals surface area contributed by atoms with E-state index in [1.54, 1.807) is 48.9 Å². The molecule has 4 heterocycles. The van der Waals surface area contributed by atoms with Crippen molar-refractivity contribution in [2.75, 3.05) is 29.9 Å². The van der Waals surface area contributed by atoms with Crippen molar-refractivity contribution < 1.29 is 28.7 Å². The Morgan fingerprint density at radius 3 is 2.63 bits per heavy atom. The number of nitrogens with one attached hydrogen (secondary N) is 3. The van der Waals surface area contributed by atoms with Crippen LogP contribution in [0.3, 0.4) is 0 Å². The number of piperidine rings is 1. The highest BCUT2D eigenvalue weighted by atomic mass is 32.1. The molecule has 1 saturated heterocycles. The molecule has 2 aliphatic rings. The molecule has 1 fully saturated rings. The molecular weight excluding hydrogens is 644 g/mol. The lowest BCUT2D eigenvalue weighted by Crippen LogP contribution is -2.49. The Labute approximate surface area is 288 Å². The average molecular weight is 683 g/mol. The molecule has 0 saturated carbocycles. The zero-order valence-corrected chi connectivity index (χ0v) is 28.6. The number of aryl methyl sites for hydroxylation is 1. The van der Waals surface area contributed by atoms with E-state index in [1.165, 1.54) is 17.4 Å². The van der Waals surface area contributed by atoms with Gasteiger partial charge < -0.3 is 30.3 Å². The van der Waals surface area contributed by atoms with Gasteiger partial charge in [-0.15, -0.1) is 11.3 Å². The molecule has 4 aromatic rings. The van der Waals surface area contributed by atoms with E-state index in [9.17, 15) is 19.2 Å². The van der Waals surface area contributed by atoms with Crippen molar-refractivity contribution in [2.24, 2.45) is 0 Å². The van der Waals surface area contributed by atoms with Crippen molar-refractivity contribution in [1.29, 1.82) is 0 Å². The lowest BCUT2D eigenvalue weighted by Gasteiger charge is -2.32. The highest BCUT2D eigenvalue weighted by Gasteiger charge is 2.34. The van der Waals surface area contributed by atoms with Gasteiger partial charge in [-0.05, 0) is 82.5 Å². The SMILES string of the molecule is Cc1cc(Oc2ccccc2)ccc1N1C(=O)Nc2c(C(=O)N[C@@H]3CCCN(C(=O)/C=C/CNC(=O)OC(C)(C)C)C3)sc3nccc1c23. The van der Waals surface area contributed by atoms with Crippen molar-refractivity contribution in [3.8, 4) is 11.5 Å². The maximum Gasteiger partial charge on any atom is 0.407 e. The molecule has 254 valence electrons. The Balaban J connectivity index is 1.14. The van der Waals surface area contributed by atoms with Crippen LogP contribution < -0.4 is 25.6 Å². The predicted molar refractivity (Wildman–Crippen MR) is 189 cm³/mol. The molecule has 2 aromatic carbocycles. The number of amides is 5. The number of carbonyl (C=O) groups is 4. The van der Waals surface area contributed by atoms with Crippen LogP contribution in [0.5, 0.6) is 11.5 Å². The molecular formula is C36H38N6O6S. The number of carbonyl (C=O) groups excluding carboxylic acids is 4. The fourth-order valence-corrected chi connectivity index (χ4v) is 6.84. The van der Waals surface area contributed by atoms with Crippen LogP contribution in [0.15, 0.2) is 72.9 Å². The first-order valence-corrected chi connectivity index (χ1v) is 16.9. The molecule has 2 aromatic heterocycles. The van der Waals surface area contributed by atoms with Crippen molar-refractivity contribution in [2.45, 2.75) is 52.2 Å². The quantitative estimate of drug-likeness (QED) is 0.172. The van der Waals surface area contributed by atoms with Crippen molar-refractivity contribution in [1.82, 2.24) is 20.5 Å². The normalized spacial score (nSPS) is 16.0. The fourth-order valence-electron chi connectivity index (χ4n) is 5.82. The molecule has 0 spiro atoms. The maximum absolute atomic E-state index is 13.7. The minimum atomic E-state index is -0.611. The van der Waals surface area contributed by atoms with Gasteiger partial charge in [0.25, 0.3) is 5.91 Å². The van der Waals surface area contributed by atoms with E-state index in [0.29, 0.717) is 69.6 Å². The summed E-state index contributed by atoms with van der Waals surface area (Å²) in [4.78, 5) is 60.8. The number of alkyl carbamates (subject to hydrolysis) is 1. The summed E-state index contributed by atoms with van der Waals surface area (Å²) in [5.74, 6) is 0.809. The number of thiophene rings is 1. The van der Waals surface area contributed by atoms with E-state index in [2.05, 4.69) is 20.9 Å². The van der Waals surface area contributed by atoms with Gasteiger partial charge in [0.2, 0.25) is 5.91 Å². The molecule has 0 bridgehead atoms. The number of likely N-dealkylation sites (tertiary alicyclic amines) is 1. The molecule has 0 aliphatic carbocycles. The molecule has 2 aliphatic heterocycles. The number of hydrogen-bond acceptors (Lipinski definition) is 8. The molecule has 3 N–H and O–H groups in total. The maximum atomic E-state index is 13.7. The first kappa shape index (κ1) is 33.5. The Bertz CT molecular complexity index is 1940. The van der Waals surface area contributed by atoms with Gasteiger partial charge in [0.1, 0.15) is 26.8 Å². The van der Waals surface area contributed by atoms with Gasteiger partial charge in [0.05, 0.1) is 22.4 Å². The van der Waals surface area contributed by atoms with Gasteiger partial charge in [0, 0.05) is 37.9 Å². The molecule has 6 rings (SSSR count). The van der Waals surface area contributed by atoms with Crippen LogP contribution in [0.2, 0.25) is 0 Å². The van der Waals surface area contributed by atoms with Gasteiger partial charge in [-0.2, -0.15) is 0 Å². The van der Waals surface area contributed by atoms with Crippen molar-refractivity contribution in [3.05, 3.63) is 83.4 Å². The molecule has 1 atom stereocenters. The van der Waals surface area contributed by atoms with Crippen LogP contribution in [0.1, 0.15) is 48.8 Å². The Morgan fingerprint density at radius 2 is 1.88 bits per heavy atom. The third-order valence-electron chi connectivity index (χ3n) is 7.93. The fraction of sp³-hybridized carbons (Fsp3) is 0.306. The number of benzene rings is 2. The van der Waals surface area contributed by atoms with Gasteiger partial charge in [0.15, 0.2) is 0 Å². The largest absolute Gasteiger partial charge is 0.457 e. The number of ether oxygens (including phenoxy) is 2. The molecule has 49 heavy (non-hydrogen) atoms. The zero-order chi connectivity index (χ0) is 34.7. The third-order valence-corrected chi connectivity index (χ3v) is 9.03. The highest BCUT2D eigenvalue weighted by Crippen LogP contribution is 2.46. The van der Waals surface area contributed by atoms with Crippen LogP contribution >= 0.6 is 11.3 Å². The monoisotopic (exact) mass is 682 g/mol. The van der Waals surface area contributed by atoms with Gasteiger partial charge >= 0.3 is 12.1 Å². The van der Waals surface area contributed by atoms with Crippen LogP contribution in [0.4, 0.5) is 26.7 Å². The number of rotatable bonds is 8. The topological polar surface area (TPSA) is 142 Å². The molecule has 0 radical (unpaired) electrons. The summed E-state index contributed by atoms with van der Waals surface area (Å²) in [6.07, 6.45) is 5.47. The van der Waals surface area contributed by atoms with E-state index in [4.69, 9.17) is 9.47 Å². The zero-order valence-electron chi connectivity index (χ0n) is 27.7. The van der Waals surface area contributed by atoms with Gasteiger partial charge in [-0.3, -0.25) is 14.5 Å². The summed E-state index contributed by atoms with van der Waals surface area (Å²) < 4.78 is 11.2. The number of urea groups is 1. The first-order chi connectivity index (χ1) is 23.5. The minimum Gasteiger partial charge on any atom is -0.457 e. The first-order valence-electron chi connectivity index (χ1n) is 16.1. The van der Waals surface area contributed by atoms with Gasteiger partial charge in [-0.1, -0.05) is 24.3 Å². The summed E-state index contributed by atoms with van der Waals surface area (Å²) in [6, 6.07) is 16.1. The second-order valence-electron chi connectivity index (χ2n) is 12.8. The van der Waals surface area contributed by atoms with Crippen molar-refractivity contribution in [3.63, 3.8) is 0 Å². The van der Waals surface area contributed by atoms with Gasteiger partial charge in [-0.25, -0.2) is 14.6 Å². The third kappa shape index (κ3) is 7.67. The number of aromatic nitrogens is 1. The molecule has 5 amide bonds. The second kappa shape index (κ2) is 14.0. The second-order valence-corrected chi connectivity index (χ2v) is 13.8. The lowest BCUT2D eigenvalue weighted by molar-refractivity contribution is -0.127. The average Bonchev–Trinajstić information content (AvgIpc) is 3.43. The number of nitrogens with zero attached hydrogens (tertiary/aromatic N) is 3. The van der Waals surface area contributed by atoms with Crippen LogP contribution in [0, 0.1) is 6.92 Å². The van der Waals surface area contributed by atoms with Crippen LogP contribution in [-0.2, 0) is 9.53 Å². The summed E-state index contributed by atoms with van der Waals surface area (Å²) >= 11 is 1.21. The predicted octanol–water partition coefficient (Wildman–Crippen LogP) is 6.88. The molecule has 13 heteroatoms. The van der Waals surface area contributed by atoms with E-state index < -0.39 is 17.7 Å². The standard InChI is InChI=1S/C36H38N6O6S/c1-22-20-25(47-24-11-6-5-7-12-24)14-15-26(22)42-27-16-18-37-33-29(27)30(40-34(42)45)31(49-33)32(44)39-23-10-9-19-41(21-23)28(43)13-8-17-38-35(46)48-36(2,3)4/h5-8,11-16,18,20,23H,9-10,17,19,21H2,1-4H3,(H,38,46)(H,39,44)(H,40,45)/b13-8+/t23-/m1/s1. The van der Waals surface area contributed by atoms with Crippen LogP contribution in [0.25, 0.3) is 10.2 Å². The Kier molecular flexibility index (Phi) is 9.54. The molecule has 0 unspecified atom stereocenters. The number of hydrogen-bond donors (Lipinski definition) is 3. The summed E-state index contributed by atoms with van der Waals surface area (Å²) in [7, 11) is 0.